The Morgan fingerprint density at radius 2 is 2.11 bits per heavy atom. The molecule has 5 heteroatoms. The maximum Gasteiger partial charge on any atom is 0.326 e. The molecule has 2 N–H and O–H groups in total. The molecule has 5 nitrogen and oxygen atoms in total. The van der Waals surface area contributed by atoms with E-state index in [1.165, 1.54) is 0 Å². The molecule has 1 aromatic carbocycles. The van der Waals surface area contributed by atoms with Crippen LogP contribution in [0.1, 0.15) is 26.2 Å². The van der Waals surface area contributed by atoms with Gasteiger partial charge in [-0.25, -0.2) is 9.78 Å². The maximum absolute atomic E-state index is 11.2. The van der Waals surface area contributed by atoms with Gasteiger partial charge in [-0.3, -0.25) is 4.98 Å². The van der Waals surface area contributed by atoms with Crippen LogP contribution in [-0.2, 0) is 4.79 Å². The van der Waals surface area contributed by atoms with E-state index in [9.17, 15) is 4.79 Å². The molecule has 0 saturated heterocycles. The SMILES string of the molecule is CCCC[C@H](Nc1cnc2ccccc2n1)C(=O)O. The summed E-state index contributed by atoms with van der Waals surface area (Å²) in [7, 11) is 0. The molecular formula is C14H17N3O2. The molecule has 0 fully saturated rings. The summed E-state index contributed by atoms with van der Waals surface area (Å²) < 4.78 is 0. The fourth-order valence-corrected chi connectivity index (χ4v) is 1.87. The molecule has 100 valence electrons. The number of aliphatic carboxylic acids is 1. The highest BCUT2D eigenvalue weighted by Crippen LogP contribution is 2.13. The standard InChI is InChI=1S/C14H17N3O2/c1-2-3-6-12(14(18)19)17-13-9-15-10-7-4-5-8-11(10)16-13/h4-5,7-9,12H,2-3,6H2,1H3,(H,16,17)(H,18,19)/t12-/m0/s1. The summed E-state index contributed by atoms with van der Waals surface area (Å²) in [5.74, 6) is -0.356. The topological polar surface area (TPSA) is 75.1 Å². The highest BCUT2D eigenvalue weighted by molar-refractivity contribution is 5.78. The third-order valence-electron chi connectivity index (χ3n) is 2.92. The number of nitrogens with zero attached hydrogens (tertiary/aromatic N) is 2. The number of para-hydroxylation sites is 2. The lowest BCUT2D eigenvalue weighted by Crippen LogP contribution is -2.29. The second-order valence-electron chi connectivity index (χ2n) is 4.42. The summed E-state index contributed by atoms with van der Waals surface area (Å²) in [4.78, 5) is 19.8. The van der Waals surface area contributed by atoms with Crippen molar-refractivity contribution in [2.24, 2.45) is 0 Å². The van der Waals surface area contributed by atoms with Crippen molar-refractivity contribution in [3.8, 4) is 0 Å². The van der Waals surface area contributed by atoms with Gasteiger partial charge in [0.1, 0.15) is 11.9 Å². The van der Waals surface area contributed by atoms with Gasteiger partial charge in [0.25, 0.3) is 0 Å². The van der Waals surface area contributed by atoms with Crippen LogP contribution in [0.2, 0.25) is 0 Å². The van der Waals surface area contributed by atoms with Crippen molar-refractivity contribution >= 4 is 22.8 Å². The summed E-state index contributed by atoms with van der Waals surface area (Å²) in [5, 5.41) is 12.1. The Balaban J connectivity index is 2.16. The first-order valence-corrected chi connectivity index (χ1v) is 6.42. The number of carboxylic acids is 1. The zero-order chi connectivity index (χ0) is 13.7. The number of rotatable bonds is 6. The highest BCUT2D eigenvalue weighted by atomic mass is 16.4. The van der Waals surface area contributed by atoms with Crippen molar-refractivity contribution in [3.05, 3.63) is 30.5 Å². The predicted octanol–water partition coefficient (Wildman–Crippen LogP) is 2.69. The van der Waals surface area contributed by atoms with E-state index in [0.717, 1.165) is 23.9 Å². The summed E-state index contributed by atoms with van der Waals surface area (Å²) in [6.45, 7) is 2.04. The van der Waals surface area contributed by atoms with Gasteiger partial charge in [0.15, 0.2) is 0 Å². The van der Waals surface area contributed by atoms with Crippen LogP contribution in [0.25, 0.3) is 11.0 Å². The van der Waals surface area contributed by atoms with Crippen LogP contribution >= 0.6 is 0 Å². The van der Waals surface area contributed by atoms with Crippen LogP contribution < -0.4 is 5.32 Å². The number of carboxylic acid groups (broad SMARTS) is 1. The monoisotopic (exact) mass is 259 g/mol. The van der Waals surface area contributed by atoms with E-state index in [0.29, 0.717) is 12.2 Å². The lowest BCUT2D eigenvalue weighted by Gasteiger charge is -2.14. The second kappa shape index (κ2) is 6.13. The minimum absolute atomic E-state index is 0.502. The molecule has 1 atom stereocenters. The Morgan fingerprint density at radius 3 is 2.79 bits per heavy atom. The summed E-state index contributed by atoms with van der Waals surface area (Å²) in [6, 6.07) is 6.89. The van der Waals surface area contributed by atoms with Gasteiger partial charge >= 0.3 is 5.97 Å². The number of fused-ring (bicyclic) bond motifs is 1. The molecule has 0 aliphatic rings. The van der Waals surface area contributed by atoms with Crippen LogP contribution in [0.4, 0.5) is 5.82 Å². The van der Waals surface area contributed by atoms with E-state index in [2.05, 4.69) is 15.3 Å². The van der Waals surface area contributed by atoms with Gasteiger partial charge in [0.2, 0.25) is 0 Å². The van der Waals surface area contributed by atoms with E-state index in [1.54, 1.807) is 6.20 Å². The number of benzene rings is 1. The molecule has 0 radical (unpaired) electrons. The van der Waals surface area contributed by atoms with Crippen LogP contribution in [0.15, 0.2) is 30.5 Å². The summed E-state index contributed by atoms with van der Waals surface area (Å²) in [5.41, 5.74) is 1.56. The number of nitrogens with one attached hydrogen (secondary N) is 1. The smallest absolute Gasteiger partial charge is 0.326 e. The normalized spacial score (nSPS) is 12.3. The van der Waals surface area contributed by atoms with Crippen molar-refractivity contribution < 1.29 is 9.90 Å². The Bertz CT molecular complexity index is 571. The van der Waals surface area contributed by atoms with Crippen molar-refractivity contribution in [1.29, 1.82) is 0 Å². The van der Waals surface area contributed by atoms with Gasteiger partial charge in [-0.05, 0) is 18.6 Å². The van der Waals surface area contributed by atoms with E-state index >= 15 is 0 Å². The fraction of sp³-hybridized carbons (Fsp3) is 0.357. The van der Waals surface area contributed by atoms with Crippen LogP contribution in [0, 0.1) is 0 Å². The molecule has 19 heavy (non-hydrogen) atoms. The first-order chi connectivity index (χ1) is 9.20. The van der Waals surface area contributed by atoms with Gasteiger partial charge in [-0.15, -0.1) is 0 Å². The van der Waals surface area contributed by atoms with Crippen molar-refractivity contribution in [2.45, 2.75) is 32.2 Å². The van der Waals surface area contributed by atoms with Gasteiger partial charge in [0.05, 0.1) is 17.2 Å². The van der Waals surface area contributed by atoms with Crippen LogP contribution in [0.3, 0.4) is 0 Å². The molecule has 1 heterocycles. The number of unbranched alkanes of at least 4 members (excludes halogenated alkanes) is 1. The lowest BCUT2D eigenvalue weighted by atomic mass is 10.1. The minimum Gasteiger partial charge on any atom is -0.480 e. The molecular weight excluding hydrogens is 242 g/mol. The maximum atomic E-state index is 11.2. The van der Waals surface area contributed by atoms with E-state index in [-0.39, 0.29) is 0 Å². The number of carbonyl (C=O) groups is 1. The first kappa shape index (κ1) is 13.3. The van der Waals surface area contributed by atoms with Gasteiger partial charge in [0, 0.05) is 0 Å². The van der Waals surface area contributed by atoms with Gasteiger partial charge in [-0.1, -0.05) is 31.9 Å². The van der Waals surface area contributed by atoms with Crippen molar-refractivity contribution in [2.75, 3.05) is 5.32 Å². The quantitative estimate of drug-likeness (QED) is 0.834. The Kier molecular flexibility index (Phi) is 4.28. The molecule has 0 saturated carbocycles. The first-order valence-electron chi connectivity index (χ1n) is 6.42. The number of hydrogen-bond acceptors (Lipinski definition) is 4. The van der Waals surface area contributed by atoms with Gasteiger partial charge in [-0.2, -0.15) is 0 Å². The molecule has 0 unspecified atom stereocenters. The second-order valence-corrected chi connectivity index (χ2v) is 4.42. The Morgan fingerprint density at radius 1 is 1.37 bits per heavy atom. The number of aromatic nitrogens is 2. The zero-order valence-electron chi connectivity index (χ0n) is 10.8. The average molecular weight is 259 g/mol. The summed E-state index contributed by atoms with van der Waals surface area (Å²) in [6.07, 6.45) is 3.99. The molecule has 2 rings (SSSR count). The van der Waals surface area contributed by atoms with E-state index < -0.39 is 12.0 Å². The highest BCUT2D eigenvalue weighted by Gasteiger charge is 2.17. The molecule has 0 spiro atoms. The van der Waals surface area contributed by atoms with E-state index in [4.69, 9.17) is 5.11 Å². The van der Waals surface area contributed by atoms with Crippen molar-refractivity contribution in [1.82, 2.24) is 9.97 Å². The third kappa shape index (κ3) is 3.40. The number of anilines is 1. The number of hydrogen-bond donors (Lipinski definition) is 2. The van der Waals surface area contributed by atoms with Gasteiger partial charge < -0.3 is 10.4 Å². The Hall–Kier alpha value is -2.17. The van der Waals surface area contributed by atoms with Crippen molar-refractivity contribution in [3.63, 3.8) is 0 Å². The predicted molar refractivity (Wildman–Crippen MR) is 74.1 cm³/mol. The molecule has 0 bridgehead atoms. The Labute approximate surface area is 111 Å². The molecule has 0 aliphatic carbocycles. The minimum atomic E-state index is -0.858. The summed E-state index contributed by atoms with van der Waals surface area (Å²) >= 11 is 0. The lowest BCUT2D eigenvalue weighted by molar-refractivity contribution is -0.138. The molecule has 0 aliphatic heterocycles. The van der Waals surface area contributed by atoms with E-state index in [1.807, 2.05) is 31.2 Å². The third-order valence-corrected chi connectivity index (χ3v) is 2.92. The molecule has 2 aromatic rings. The average Bonchev–Trinajstić information content (AvgIpc) is 2.43. The van der Waals surface area contributed by atoms with Crippen LogP contribution in [0.5, 0.6) is 0 Å². The molecule has 1 aromatic heterocycles. The fourth-order valence-electron chi connectivity index (χ4n) is 1.87. The zero-order valence-corrected chi connectivity index (χ0v) is 10.8. The van der Waals surface area contributed by atoms with Crippen LogP contribution in [-0.4, -0.2) is 27.1 Å². The molecule has 0 amide bonds. The largest absolute Gasteiger partial charge is 0.480 e.